The molecule has 2 aromatic rings. The molecule has 0 fully saturated rings. The fourth-order valence-corrected chi connectivity index (χ4v) is 1.89. The summed E-state index contributed by atoms with van der Waals surface area (Å²) in [6.07, 6.45) is 0. The van der Waals surface area contributed by atoms with Crippen LogP contribution < -0.4 is 10.1 Å². The number of anilines is 1. The van der Waals surface area contributed by atoms with Gasteiger partial charge in [-0.3, -0.25) is 4.79 Å². The maximum absolute atomic E-state index is 13.4. The van der Waals surface area contributed by atoms with Crippen molar-refractivity contribution in [2.24, 2.45) is 0 Å². The van der Waals surface area contributed by atoms with Crippen LogP contribution >= 0.6 is 0 Å². The van der Waals surface area contributed by atoms with Crippen LogP contribution in [0.15, 0.2) is 42.5 Å². The van der Waals surface area contributed by atoms with Crippen LogP contribution in [0.3, 0.4) is 0 Å². The van der Waals surface area contributed by atoms with Crippen LogP contribution in [-0.4, -0.2) is 17.6 Å². The van der Waals surface area contributed by atoms with Gasteiger partial charge in [0.25, 0.3) is 5.91 Å². The number of halogens is 2. The number of benzene rings is 2. The summed E-state index contributed by atoms with van der Waals surface area (Å²) in [5.74, 6) is -1.56. The minimum atomic E-state index is -0.967. The topological polar surface area (TPSA) is 58.6 Å². The summed E-state index contributed by atoms with van der Waals surface area (Å²) in [5.41, 5.74) is -0.503. The van der Waals surface area contributed by atoms with Crippen molar-refractivity contribution in [2.45, 2.75) is 19.4 Å². The average molecular weight is 321 g/mol. The predicted molar refractivity (Wildman–Crippen MR) is 82.2 cm³/mol. The Morgan fingerprint density at radius 1 is 1.17 bits per heavy atom. The van der Waals surface area contributed by atoms with E-state index in [-0.39, 0.29) is 12.3 Å². The fraction of sp³-hybridized carbons (Fsp3) is 0.235. The SMILES string of the molecule is CC(C)(O)c1ccc(OCC(=O)Nc2cc(F)ccc2F)cc1. The predicted octanol–water partition coefficient (Wildman–Crippen LogP) is 3.21. The highest BCUT2D eigenvalue weighted by atomic mass is 19.1. The Bertz CT molecular complexity index is 694. The van der Waals surface area contributed by atoms with E-state index in [1.165, 1.54) is 0 Å². The molecule has 0 aromatic heterocycles. The van der Waals surface area contributed by atoms with Crippen molar-refractivity contribution < 1.29 is 23.4 Å². The average Bonchev–Trinajstić information content (AvgIpc) is 2.48. The third-order valence-corrected chi connectivity index (χ3v) is 3.13. The van der Waals surface area contributed by atoms with E-state index in [9.17, 15) is 18.7 Å². The maximum atomic E-state index is 13.4. The molecule has 0 aliphatic carbocycles. The van der Waals surface area contributed by atoms with Crippen molar-refractivity contribution in [1.82, 2.24) is 0 Å². The number of hydrogen-bond acceptors (Lipinski definition) is 3. The van der Waals surface area contributed by atoms with Crippen LogP contribution in [-0.2, 0) is 10.4 Å². The highest BCUT2D eigenvalue weighted by Crippen LogP contribution is 2.22. The lowest BCUT2D eigenvalue weighted by atomic mass is 9.99. The molecule has 2 N–H and O–H groups in total. The zero-order valence-electron chi connectivity index (χ0n) is 12.8. The van der Waals surface area contributed by atoms with Gasteiger partial charge in [0.2, 0.25) is 0 Å². The van der Waals surface area contributed by atoms with Crippen LogP contribution in [0, 0.1) is 11.6 Å². The van der Waals surface area contributed by atoms with Crippen molar-refractivity contribution in [3.8, 4) is 5.75 Å². The standard InChI is InChI=1S/C17H17F2NO3/c1-17(2,22)11-3-6-13(7-4-11)23-10-16(21)20-15-9-12(18)5-8-14(15)19/h3-9,22H,10H2,1-2H3,(H,20,21). The third-order valence-electron chi connectivity index (χ3n) is 3.13. The Balaban J connectivity index is 1.93. The van der Waals surface area contributed by atoms with E-state index in [4.69, 9.17) is 4.74 Å². The van der Waals surface area contributed by atoms with E-state index in [0.29, 0.717) is 11.3 Å². The van der Waals surface area contributed by atoms with E-state index in [1.54, 1.807) is 38.1 Å². The van der Waals surface area contributed by atoms with E-state index in [1.807, 2.05) is 0 Å². The lowest BCUT2D eigenvalue weighted by molar-refractivity contribution is -0.118. The van der Waals surface area contributed by atoms with Gasteiger partial charge in [-0.15, -0.1) is 0 Å². The number of rotatable bonds is 5. The number of carbonyl (C=O) groups excluding carboxylic acids is 1. The van der Waals surface area contributed by atoms with E-state index < -0.39 is 23.1 Å². The summed E-state index contributed by atoms with van der Waals surface area (Å²) in [6.45, 7) is 2.96. The normalized spacial score (nSPS) is 11.2. The molecule has 0 spiro atoms. The molecule has 0 atom stereocenters. The minimum Gasteiger partial charge on any atom is -0.484 e. The Morgan fingerprint density at radius 2 is 1.83 bits per heavy atom. The molecule has 0 heterocycles. The van der Waals surface area contributed by atoms with E-state index >= 15 is 0 Å². The zero-order chi connectivity index (χ0) is 17.0. The van der Waals surface area contributed by atoms with Gasteiger partial charge in [0.05, 0.1) is 11.3 Å². The smallest absolute Gasteiger partial charge is 0.262 e. The summed E-state index contributed by atoms with van der Waals surface area (Å²) in [7, 11) is 0. The minimum absolute atomic E-state index is 0.240. The molecule has 122 valence electrons. The molecule has 0 aliphatic heterocycles. The summed E-state index contributed by atoms with van der Waals surface area (Å²) in [6, 6.07) is 9.38. The van der Waals surface area contributed by atoms with Gasteiger partial charge in [0.15, 0.2) is 6.61 Å². The first-order valence-corrected chi connectivity index (χ1v) is 6.96. The summed E-state index contributed by atoms with van der Waals surface area (Å²) in [4.78, 5) is 11.7. The molecule has 0 saturated heterocycles. The van der Waals surface area contributed by atoms with Crippen molar-refractivity contribution >= 4 is 11.6 Å². The molecule has 23 heavy (non-hydrogen) atoms. The largest absolute Gasteiger partial charge is 0.484 e. The molecule has 0 bridgehead atoms. The second-order valence-electron chi connectivity index (χ2n) is 5.54. The Kier molecular flexibility index (Phi) is 4.95. The van der Waals surface area contributed by atoms with Gasteiger partial charge in [-0.25, -0.2) is 8.78 Å². The lowest BCUT2D eigenvalue weighted by Gasteiger charge is -2.17. The van der Waals surface area contributed by atoms with Gasteiger partial charge in [0, 0.05) is 6.07 Å². The summed E-state index contributed by atoms with van der Waals surface area (Å²) >= 11 is 0. The number of carbonyl (C=O) groups is 1. The molecular formula is C17H17F2NO3. The number of ether oxygens (including phenoxy) is 1. The molecule has 0 saturated carbocycles. The Hall–Kier alpha value is -2.47. The van der Waals surface area contributed by atoms with Gasteiger partial charge >= 0.3 is 0 Å². The summed E-state index contributed by atoms with van der Waals surface area (Å²) < 4.78 is 31.7. The van der Waals surface area contributed by atoms with Gasteiger partial charge in [-0.1, -0.05) is 12.1 Å². The second-order valence-corrected chi connectivity index (χ2v) is 5.54. The number of nitrogens with one attached hydrogen (secondary N) is 1. The zero-order valence-corrected chi connectivity index (χ0v) is 12.8. The number of amides is 1. The van der Waals surface area contributed by atoms with Crippen molar-refractivity contribution in [2.75, 3.05) is 11.9 Å². The van der Waals surface area contributed by atoms with Crippen molar-refractivity contribution in [1.29, 1.82) is 0 Å². The first-order valence-electron chi connectivity index (χ1n) is 6.96. The van der Waals surface area contributed by atoms with Crippen LogP contribution in [0.1, 0.15) is 19.4 Å². The van der Waals surface area contributed by atoms with Gasteiger partial charge in [0.1, 0.15) is 17.4 Å². The second kappa shape index (κ2) is 6.75. The van der Waals surface area contributed by atoms with E-state index in [0.717, 1.165) is 18.2 Å². The van der Waals surface area contributed by atoms with Crippen LogP contribution in [0.4, 0.5) is 14.5 Å². The van der Waals surface area contributed by atoms with Crippen molar-refractivity contribution in [3.63, 3.8) is 0 Å². The first kappa shape index (κ1) is 16.9. The molecule has 2 rings (SSSR count). The molecule has 0 aliphatic rings. The Morgan fingerprint density at radius 3 is 2.43 bits per heavy atom. The monoisotopic (exact) mass is 321 g/mol. The molecule has 4 nitrogen and oxygen atoms in total. The summed E-state index contributed by atoms with van der Waals surface area (Å²) in [5, 5.41) is 12.1. The molecule has 0 unspecified atom stereocenters. The van der Waals surface area contributed by atoms with Crippen LogP contribution in [0.25, 0.3) is 0 Å². The molecule has 6 heteroatoms. The fourth-order valence-electron chi connectivity index (χ4n) is 1.89. The van der Waals surface area contributed by atoms with E-state index in [2.05, 4.69) is 5.32 Å². The van der Waals surface area contributed by atoms with Gasteiger partial charge in [-0.2, -0.15) is 0 Å². The highest BCUT2D eigenvalue weighted by molar-refractivity contribution is 5.91. The molecule has 2 aromatic carbocycles. The first-order chi connectivity index (χ1) is 10.8. The number of aliphatic hydroxyl groups is 1. The van der Waals surface area contributed by atoms with Crippen molar-refractivity contribution in [3.05, 3.63) is 59.7 Å². The maximum Gasteiger partial charge on any atom is 0.262 e. The quantitative estimate of drug-likeness (QED) is 0.889. The number of hydrogen-bond donors (Lipinski definition) is 2. The lowest BCUT2D eigenvalue weighted by Crippen LogP contribution is -2.21. The van der Waals surface area contributed by atoms with Gasteiger partial charge in [-0.05, 0) is 43.7 Å². The molecule has 0 radical (unpaired) electrons. The third kappa shape index (κ3) is 4.75. The van der Waals surface area contributed by atoms with Crippen LogP contribution in [0.2, 0.25) is 0 Å². The van der Waals surface area contributed by atoms with Gasteiger partial charge < -0.3 is 15.2 Å². The molecule has 1 amide bonds. The highest BCUT2D eigenvalue weighted by Gasteiger charge is 2.15. The molecular weight excluding hydrogens is 304 g/mol. The van der Waals surface area contributed by atoms with Crippen LogP contribution in [0.5, 0.6) is 5.75 Å². The Labute approximate surface area is 132 Å².